The minimum Gasteiger partial charge on any atom is -0.383 e. The van der Waals surface area contributed by atoms with Crippen LogP contribution in [0.25, 0.3) is 0 Å². The van der Waals surface area contributed by atoms with E-state index >= 15 is 0 Å². The first-order valence-corrected chi connectivity index (χ1v) is 4.69. The Bertz CT molecular complexity index is 303. The molecule has 1 rings (SSSR count). The van der Waals surface area contributed by atoms with Gasteiger partial charge in [-0.25, -0.2) is 5.43 Å². The van der Waals surface area contributed by atoms with Crippen molar-refractivity contribution in [2.75, 3.05) is 13.7 Å². The molecule has 15 heavy (non-hydrogen) atoms. The van der Waals surface area contributed by atoms with Crippen molar-refractivity contribution < 1.29 is 9.53 Å². The lowest BCUT2D eigenvalue weighted by Gasteiger charge is -2.13. The maximum Gasteiger partial charge on any atom is 0.265 e. The van der Waals surface area contributed by atoms with Crippen LogP contribution >= 0.6 is 0 Å². The van der Waals surface area contributed by atoms with Crippen molar-refractivity contribution >= 4 is 5.91 Å². The average Bonchev–Trinajstić information content (AvgIpc) is 2.27. The van der Waals surface area contributed by atoms with Crippen molar-refractivity contribution in [2.24, 2.45) is 0 Å². The number of aromatic nitrogens is 1. The second-order valence-corrected chi connectivity index (χ2v) is 3.19. The van der Waals surface area contributed by atoms with Gasteiger partial charge in [-0.15, -0.1) is 0 Å². The minimum absolute atomic E-state index is 0.0702. The van der Waals surface area contributed by atoms with Gasteiger partial charge in [0.05, 0.1) is 6.61 Å². The highest BCUT2D eigenvalue weighted by atomic mass is 16.5. The molecule has 0 spiro atoms. The van der Waals surface area contributed by atoms with Crippen molar-refractivity contribution in [2.45, 2.75) is 13.0 Å². The summed E-state index contributed by atoms with van der Waals surface area (Å²) in [4.78, 5) is 15.3. The van der Waals surface area contributed by atoms with Crippen molar-refractivity contribution in [3.8, 4) is 0 Å². The van der Waals surface area contributed by atoms with E-state index in [1.165, 1.54) is 0 Å². The lowest BCUT2D eigenvalue weighted by atomic mass is 10.2. The van der Waals surface area contributed by atoms with E-state index in [4.69, 9.17) is 4.74 Å². The monoisotopic (exact) mass is 209 g/mol. The molecule has 0 aliphatic carbocycles. The maximum absolute atomic E-state index is 11.5. The van der Waals surface area contributed by atoms with Gasteiger partial charge in [0, 0.05) is 31.1 Å². The van der Waals surface area contributed by atoms with Gasteiger partial charge in [-0.2, -0.15) is 0 Å². The molecule has 0 fully saturated rings. The lowest BCUT2D eigenvalue weighted by molar-refractivity contribution is 0.0908. The Morgan fingerprint density at radius 3 is 2.80 bits per heavy atom. The van der Waals surface area contributed by atoms with Gasteiger partial charge in [-0.05, 0) is 19.1 Å². The second kappa shape index (κ2) is 6.10. The molecule has 0 bridgehead atoms. The van der Waals surface area contributed by atoms with Gasteiger partial charge in [0.15, 0.2) is 0 Å². The van der Waals surface area contributed by atoms with Gasteiger partial charge in [-0.3, -0.25) is 15.2 Å². The SMILES string of the molecule is COCC(C)NNC(=O)c1ccncc1. The molecule has 0 radical (unpaired) electrons. The first-order chi connectivity index (χ1) is 7.24. The molecule has 1 unspecified atom stereocenters. The number of ether oxygens (including phenoxy) is 1. The van der Waals surface area contributed by atoms with Crippen molar-refractivity contribution in [3.63, 3.8) is 0 Å². The van der Waals surface area contributed by atoms with Crippen LogP contribution in [0.2, 0.25) is 0 Å². The third kappa shape index (κ3) is 4.05. The number of hydrogen-bond acceptors (Lipinski definition) is 4. The average molecular weight is 209 g/mol. The summed E-state index contributed by atoms with van der Waals surface area (Å²) in [5, 5.41) is 0. The zero-order valence-electron chi connectivity index (χ0n) is 8.86. The molecule has 2 N–H and O–H groups in total. The van der Waals surface area contributed by atoms with Crippen LogP contribution in [-0.2, 0) is 4.74 Å². The van der Waals surface area contributed by atoms with Gasteiger partial charge in [0.25, 0.3) is 5.91 Å². The van der Waals surface area contributed by atoms with Gasteiger partial charge in [0.2, 0.25) is 0 Å². The van der Waals surface area contributed by atoms with E-state index in [1.807, 2.05) is 6.92 Å². The summed E-state index contributed by atoms with van der Waals surface area (Å²) in [6.45, 7) is 2.45. The Balaban J connectivity index is 2.37. The largest absolute Gasteiger partial charge is 0.383 e. The molecule has 1 aromatic rings. The topological polar surface area (TPSA) is 63.2 Å². The number of hydrogen-bond donors (Lipinski definition) is 2. The van der Waals surface area contributed by atoms with Crippen molar-refractivity contribution in [1.82, 2.24) is 15.8 Å². The number of hydrazine groups is 1. The Kier molecular flexibility index (Phi) is 4.73. The number of amides is 1. The fraction of sp³-hybridized carbons (Fsp3) is 0.400. The lowest BCUT2D eigenvalue weighted by Crippen LogP contribution is -2.44. The van der Waals surface area contributed by atoms with Crippen LogP contribution in [0.1, 0.15) is 17.3 Å². The number of carbonyl (C=O) groups is 1. The second-order valence-electron chi connectivity index (χ2n) is 3.19. The highest BCUT2D eigenvalue weighted by Crippen LogP contribution is 1.94. The zero-order chi connectivity index (χ0) is 11.1. The Morgan fingerprint density at radius 1 is 1.53 bits per heavy atom. The van der Waals surface area contributed by atoms with Crippen LogP contribution in [0.4, 0.5) is 0 Å². The van der Waals surface area contributed by atoms with Gasteiger partial charge >= 0.3 is 0 Å². The zero-order valence-corrected chi connectivity index (χ0v) is 8.86. The molecule has 1 aromatic heterocycles. The molecule has 82 valence electrons. The fourth-order valence-corrected chi connectivity index (χ4v) is 1.06. The summed E-state index contributed by atoms with van der Waals surface area (Å²) in [5.41, 5.74) is 6.00. The number of carbonyl (C=O) groups excluding carboxylic acids is 1. The molecule has 5 heteroatoms. The summed E-state index contributed by atoms with van der Waals surface area (Å²) in [6, 6.07) is 3.37. The summed E-state index contributed by atoms with van der Waals surface area (Å²) in [5.74, 6) is -0.180. The molecule has 1 atom stereocenters. The van der Waals surface area contributed by atoms with Crippen molar-refractivity contribution in [1.29, 1.82) is 0 Å². The van der Waals surface area contributed by atoms with Crippen LogP contribution in [0.3, 0.4) is 0 Å². The highest BCUT2D eigenvalue weighted by Gasteiger charge is 2.05. The third-order valence-electron chi connectivity index (χ3n) is 1.79. The maximum atomic E-state index is 11.5. The molecule has 0 saturated carbocycles. The number of pyridine rings is 1. The van der Waals surface area contributed by atoms with E-state index in [-0.39, 0.29) is 11.9 Å². The highest BCUT2D eigenvalue weighted by molar-refractivity contribution is 5.93. The van der Waals surface area contributed by atoms with E-state index in [0.717, 1.165) is 0 Å². The molecule has 5 nitrogen and oxygen atoms in total. The Labute approximate surface area is 88.8 Å². The number of rotatable bonds is 5. The molecule has 0 saturated heterocycles. The minimum atomic E-state index is -0.180. The number of nitrogens with zero attached hydrogens (tertiary/aromatic N) is 1. The number of nitrogens with one attached hydrogen (secondary N) is 2. The van der Waals surface area contributed by atoms with Crippen LogP contribution in [0, 0.1) is 0 Å². The smallest absolute Gasteiger partial charge is 0.265 e. The van der Waals surface area contributed by atoms with Crippen LogP contribution < -0.4 is 10.9 Å². The van der Waals surface area contributed by atoms with E-state index in [9.17, 15) is 4.79 Å². The molecular formula is C10H15N3O2. The van der Waals surface area contributed by atoms with E-state index in [2.05, 4.69) is 15.8 Å². The summed E-state index contributed by atoms with van der Waals surface area (Å²) in [7, 11) is 1.61. The summed E-state index contributed by atoms with van der Waals surface area (Å²) in [6.07, 6.45) is 3.15. The van der Waals surface area contributed by atoms with Crippen LogP contribution in [0.15, 0.2) is 24.5 Å². The number of methoxy groups -OCH3 is 1. The first kappa shape index (κ1) is 11.6. The first-order valence-electron chi connectivity index (χ1n) is 4.69. The van der Waals surface area contributed by atoms with Gasteiger partial charge < -0.3 is 4.74 Å². The van der Waals surface area contributed by atoms with Crippen LogP contribution in [0.5, 0.6) is 0 Å². The predicted octanol–water partition coefficient (Wildman–Crippen LogP) is 0.351. The van der Waals surface area contributed by atoms with E-state index in [1.54, 1.807) is 31.6 Å². The van der Waals surface area contributed by atoms with Crippen molar-refractivity contribution in [3.05, 3.63) is 30.1 Å². The molecule has 0 aliphatic rings. The standard InChI is InChI=1S/C10H15N3O2/c1-8(7-15-2)12-13-10(14)9-3-5-11-6-4-9/h3-6,8,12H,7H2,1-2H3,(H,13,14). The van der Waals surface area contributed by atoms with E-state index < -0.39 is 0 Å². The third-order valence-corrected chi connectivity index (χ3v) is 1.79. The Hall–Kier alpha value is -1.46. The normalized spacial score (nSPS) is 12.1. The molecule has 1 heterocycles. The van der Waals surface area contributed by atoms with E-state index in [0.29, 0.717) is 12.2 Å². The Morgan fingerprint density at radius 2 is 2.20 bits per heavy atom. The molecule has 0 aliphatic heterocycles. The molecule has 1 amide bonds. The molecular weight excluding hydrogens is 194 g/mol. The fourth-order valence-electron chi connectivity index (χ4n) is 1.06. The molecule has 0 aromatic carbocycles. The van der Waals surface area contributed by atoms with Gasteiger partial charge in [0.1, 0.15) is 0 Å². The quantitative estimate of drug-likeness (QED) is 0.687. The predicted molar refractivity (Wildman–Crippen MR) is 56.2 cm³/mol. The summed E-state index contributed by atoms with van der Waals surface area (Å²) >= 11 is 0. The van der Waals surface area contributed by atoms with Gasteiger partial charge in [-0.1, -0.05) is 0 Å². The van der Waals surface area contributed by atoms with Crippen LogP contribution in [-0.4, -0.2) is 30.6 Å². The summed E-state index contributed by atoms with van der Waals surface area (Å²) < 4.78 is 4.92.